The first-order valence-electron chi connectivity index (χ1n) is 6.63. The van der Waals surface area contributed by atoms with E-state index in [2.05, 4.69) is 15.5 Å². The molecule has 23 heavy (non-hydrogen) atoms. The van der Waals surface area contributed by atoms with Crippen molar-refractivity contribution in [1.29, 1.82) is 0 Å². The van der Waals surface area contributed by atoms with E-state index >= 15 is 0 Å². The smallest absolute Gasteiger partial charge is 0.349 e. The third-order valence-electron chi connectivity index (χ3n) is 2.83. The maximum Gasteiger partial charge on any atom is 0.349 e. The second-order valence-corrected chi connectivity index (χ2v) is 4.90. The average molecular weight is 331 g/mol. The van der Waals surface area contributed by atoms with Gasteiger partial charge in [0.2, 0.25) is 0 Å². The van der Waals surface area contributed by atoms with Gasteiger partial charge in [0, 0.05) is 11.1 Å². The minimum absolute atomic E-state index is 0.212. The standard InChI is InChI=1S/C15H11ClN4O3/c16-11-4-6-13(7-5-11)22-9-15(21)23-14-3-1-2-12(8-14)20-10-17-18-19-20/h1-8,10H,9H2. The number of hydrogen-bond donors (Lipinski definition) is 0. The van der Waals surface area contributed by atoms with Crippen molar-refractivity contribution in [3.8, 4) is 17.2 Å². The number of esters is 1. The topological polar surface area (TPSA) is 79.1 Å². The Morgan fingerprint density at radius 1 is 1.13 bits per heavy atom. The maximum absolute atomic E-state index is 11.8. The zero-order valence-electron chi connectivity index (χ0n) is 11.8. The Morgan fingerprint density at radius 2 is 1.96 bits per heavy atom. The van der Waals surface area contributed by atoms with E-state index in [9.17, 15) is 4.79 Å². The van der Waals surface area contributed by atoms with Crippen LogP contribution in [-0.2, 0) is 4.79 Å². The lowest BCUT2D eigenvalue weighted by Crippen LogP contribution is -2.17. The molecule has 0 unspecified atom stereocenters. The molecule has 0 bridgehead atoms. The molecule has 0 N–H and O–H groups in total. The van der Waals surface area contributed by atoms with Crippen molar-refractivity contribution in [3.63, 3.8) is 0 Å². The molecule has 1 aromatic heterocycles. The Morgan fingerprint density at radius 3 is 2.70 bits per heavy atom. The molecule has 8 heteroatoms. The second-order valence-electron chi connectivity index (χ2n) is 4.47. The molecule has 0 atom stereocenters. The van der Waals surface area contributed by atoms with Gasteiger partial charge >= 0.3 is 5.97 Å². The number of halogens is 1. The molecule has 2 aromatic carbocycles. The molecule has 0 fully saturated rings. The molecule has 7 nitrogen and oxygen atoms in total. The van der Waals surface area contributed by atoms with Crippen molar-refractivity contribution in [2.24, 2.45) is 0 Å². The molecule has 0 aliphatic rings. The summed E-state index contributed by atoms with van der Waals surface area (Å²) >= 11 is 5.78. The molecular formula is C15H11ClN4O3. The molecule has 1 heterocycles. The molecule has 0 aliphatic heterocycles. The van der Waals surface area contributed by atoms with Crippen LogP contribution in [0.15, 0.2) is 54.9 Å². The van der Waals surface area contributed by atoms with Crippen molar-refractivity contribution in [2.45, 2.75) is 0 Å². The fourth-order valence-corrected chi connectivity index (χ4v) is 1.93. The van der Waals surface area contributed by atoms with Crippen molar-refractivity contribution < 1.29 is 14.3 Å². The first-order chi connectivity index (χ1) is 11.2. The summed E-state index contributed by atoms with van der Waals surface area (Å²) in [6.45, 7) is -0.212. The molecule has 0 aliphatic carbocycles. The minimum atomic E-state index is -0.520. The highest BCUT2D eigenvalue weighted by atomic mass is 35.5. The Hall–Kier alpha value is -2.93. The Kier molecular flexibility index (Phi) is 4.49. The second kappa shape index (κ2) is 6.89. The summed E-state index contributed by atoms with van der Waals surface area (Å²) in [4.78, 5) is 11.8. The van der Waals surface area contributed by atoms with Crippen molar-refractivity contribution in [1.82, 2.24) is 20.2 Å². The van der Waals surface area contributed by atoms with Crippen LogP contribution in [0.5, 0.6) is 11.5 Å². The van der Waals surface area contributed by atoms with E-state index in [0.717, 1.165) is 0 Å². The summed E-state index contributed by atoms with van der Waals surface area (Å²) in [7, 11) is 0. The zero-order valence-corrected chi connectivity index (χ0v) is 12.6. The monoisotopic (exact) mass is 330 g/mol. The predicted octanol–water partition coefficient (Wildman–Crippen LogP) is 2.30. The van der Waals surface area contributed by atoms with Crippen LogP contribution in [0.4, 0.5) is 0 Å². The first-order valence-corrected chi connectivity index (χ1v) is 7.01. The van der Waals surface area contributed by atoms with Crippen LogP contribution in [0.2, 0.25) is 5.02 Å². The van der Waals surface area contributed by atoms with Gasteiger partial charge in [-0.15, -0.1) is 5.10 Å². The van der Waals surface area contributed by atoms with Crippen molar-refractivity contribution in [2.75, 3.05) is 6.61 Å². The molecule has 0 spiro atoms. The minimum Gasteiger partial charge on any atom is -0.482 e. The van der Waals surface area contributed by atoms with E-state index < -0.39 is 5.97 Å². The summed E-state index contributed by atoms with van der Waals surface area (Å²) in [6, 6.07) is 13.5. The largest absolute Gasteiger partial charge is 0.482 e. The van der Waals surface area contributed by atoms with Gasteiger partial charge in [-0.2, -0.15) is 0 Å². The predicted molar refractivity (Wildman–Crippen MR) is 81.7 cm³/mol. The number of ether oxygens (including phenoxy) is 2. The van der Waals surface area contributed by atoms with E-state index in [4.69, 9.17) is 21.1 Å². The molecule has 3 aromatic rings. The first kappa shape index (κ1) is 15.0. The fourth-order valence-electron chi connectivity index (χ4n) is 1.80. The molecule has 0 saturated carbocycles. The highest BCUT2D eigenvalue weighted by Gasteiger charge is 2.08. The highest BCUT2D eigenvalue weighted by molar-refractivity contribution is 6.30. The molecule has 0 saturated heterocycles. The van der Waals surface area contributed by atoms with E-state index in [1.165, 1.54) is 11.0 Å². The Labute approximate surface area is 136 Å². The molecule has 0 radical (unpaired) electrons. The number of aromatic nitrogens is 4. The molecule has 3 rings (SSSR count). The van der Waals surface area contributed by atoms with Gasteiger partial charge in [0.15, 0.2) is 6.61 Å². The van der Waals surface area contributed by atoms with Crippen molar-refractivity contribution >= 4 is 17.6 Å². The summed E-state index contributed by atoms with van der Waals surface area (Å²) in [5.41, 5.74) is 0.680. The molecular weight excluding hydrogens is 320 g/mol. The van der Waals surface area contributed by atoms with Crippen molar-refractivity contribution in [3.05, 3.63) is 59.9 Å². The normalized spacial score (nSPS) is 10.3. The zero-order chi connectivity index (χ0) is 16.1. The molecule has 116 valence electrons. The van der Waals surface area contributed by atoms with Gasteiger partial charge in [-0.3, -0.25) is 0 Å². The van der Waals surface area contributed by atoms with Crippen LogP contribution in [0, 0.1) is 0 Å². The van der Waals surface area contributed by atoms with E-state index in [1.807, 2.05) is 0 Å². The number of rotatable bonds is 5. The van der Waals surface area contributed by atoms with Crippen LogP contribution >= 0.6 is 11.6 Å². The van der Waals surface area contributed by atoms with Gasteiger partial charge in [0.25, 0.3) is 0 Å². The van der Waals surface area contributed by atoms with E-state index in [-0.39, 0.29) is 6.61 Å². The van der Waals surface area contributed by atoms with Gasteiger partial charge in [-0.1, -0.05) is 17.7 Å². The average Bonchev–Trinajstić information content (AvgIpc) is 3.09. The third kappa shape index (κ3) is 4.04. The van der Waals surface area contributed by atoms with E-state index in [0.29, 0.717) is 22.2 Å². The van der Waals surface area contributed by atoms with Crippen LogP contribution in [-0.4, -0.2) is 32.8 Å². The summed E-state index contributed by atoms with van der Waals surface area (Å²) < 4.78 is 12.0. The quantitative estimate of drug-likeness (QED) is 0.527. The van der Waals surface area contributed by atoms with Gasteiger partial charge in [0.1, 0.15) is 17.8 Å². The SMILES string of the molecule is O=C(COc1ccc(Cl)cc1)Oc1cccc(-n2cnnn2)c1. The number of nitrogens with zero attached hydrogens (tertiary/aromatic N) is 4. The lowest BCUT2D eigenvalue weighted by atomic mass is 10.3. The molecule has 0 amide bonds. The Bertz CT molecular complexity index is 791. The summed E-state index contributed by atoms with van der Waals surface area (Å²) in [6.07, 6.45) is 1.45. The van der Waals surface area contributed by atoms with E-state index in [1.54, 1.807) is 48.5 Å². The van der Waals surface area contributed by atoms with Crippen LogP contribution in [0.25, 0.3) is 5.69 Å². The summed E-state index contributed by atoms with van der Waals surface area (Å²) in [5, 5.41) is 11.5. The van der Waals surface area contributed by atoms with Gasteiger partial charge < -0.3 is 9.47 Å². The summed E-state index contributed by atoms with van der Waals surface area (Å²) in [5.74, 6) is 0.394. The van der Waals surface area contributed by atoms with Gasteiger partial charge in [-0.25, -0.2) is 9.48 Å². The number of carbonyl (C=O) groups is 1. The number of benzene rings is 2. The van der Waals surface area contributed by atoms with Gasteiger partial charge in [0.05, 0.1) is 5.69 Å². The van der Waals surface area contributed by atoms with Gasteiger partial charge in [-0.05, 0) is 46.8 Å². The number of tetrazole rings is 1. The lowest BCUT2D eigenvalue weighted by molar-refractivity contribution is -0.136. The van der Waals surface area contributed by atoms with Crippen LogP contribution in [0.1, 0.15) is 0 Å². The number of carbonyl (C=O) groups excluding carboxylic acids is 1. The maximum atomic E-state index is 11.8. The fraction of sp³-hybridized carbons (Fsp3) is 0.0667. The highest BCUT2D eigenvalue weighted by Crippen LogP contribution is 2.17. The van der Waals surface area contributed by atoms with Crippen LogP contribution < -0.4 is 9.47 Å². The van der Waals surface area contributed by atoms with Crippen LogP contribution in [0.3, 0.4) is 0 Å². The number of hydrogen-bond acceptors (Lipinski definition) is 6. The lowest BCUT2D eigenvalue weighted by Gasteiger charge is -2.08. The Balaban J connectivity index is 1.59. The third-order valence-corrected chi connectivity index (χ3v) is 3.09.